The summed E-state index contributed by atoms with van der Waals surface area (Å²) in [4.78, 5) is 6.64. The van der Waals surface area contributed by atoms with Crippen molar-refractivity contribution in [3.8, 4) is 0 Å². The van der Waals surface area contributed by atoms with E-state index in [0.717, 1.165) is 37.7 Å². The highest BCUT2D eigenvalue weighted by molar-refractivity contribution is 5.46. The third-order valence-electron chi connectivity index (χ3n) is 2.74. The van der Waals surface area contributed by atoms with Crippen LogP contribution in [0.25, 0.3) is 5.65 Å². The highest BCUT2D eigenvalue weighted by Crippen LogP contribution is 2.09. The molecule has 0 atom stereocenters. The quantitative estimate of drug-likeness (QED) is 0.720. The van der Waals surface area contributed by atoms with Crippen molar-refractivity contribution in [1.82, 2.24) is 19.9 Å². The van der Waals surface area contributed by atoms with Crippen molar-refractivity contribution in [2.45, 2.75) is 0 Å². The molecule has 6 nitrogen and oxygen atoms in total. The summed E-state index contributed by atoms with van der Waals surface area (Å²) in [5.74, 6) is 0.955. The topological polar surface area (TPSA) is 54.7 Å². The highest BCUT2D eigenvalue weighted by atomic mass is 16.5. The van der Waals surface area contributed by atoms with Crippen LogP contribution in [0, 0.1) is 0 Å². The van der Waals surface area contributed by atoms with Crippen LogP contribution in [0.1, 0.15) is 0 Å². The Hall–Kier alpha value is -1.66. The number of nitrogens with zero attached hydrogens (tertiary/aromatic N) is 4. The lowest BCUT2D eigenvalue weighted by Gasteiger charge is -2.18. The summed E-state index contributed by atoms with van der Waals surface area (Å²) in [5.41, 5.74) is 0.867. The van der Waals surface area contributed by atoms with E-state index in [9.17, 15) is 0 Å². The molecule has 1 N–H and O–H groups in total. The first-order valence-corrected chi connectivity index (χ1v) is 6.02. The van der Waals surface area contributed by atoms with E-state index in [1.54, 1.807) is 17.8 Å². The molecule has 0 amide bonds. The van der Waals surface area contributed by atoms with Crippen LogP contribution in [0.4, 0.5) is 5.82 Å². The van der Waals surface area contributed by atoms with Gasteiger partial charge in [-0.3, -0.25) is 0 Å². The van der Waals surface area contributed by atoms with E-state index >= 15 is 0 Å². The maximum absolute atomic E-state index is 4.97. The van der Waals surface area contributed by atoms with Crippen LogP contribution in [0.15, 0.2) is 24.5 Å². The molecule has 0 spiro atoms. The Labute approximate surface area is 107 Å². The van der Waals surface area contributed by atoms with Gasteiger partial charge in [0.25, 0.3) is 0 Å². The molecular weight excluding hydrogens is 230 g/mol. The molecule has 0 aliphatic carbocycles. The van der Waals surface area contributed by atoms with Gasteiger partial charge in [-0.1, -0.05) is 0 Å². The molecular formula is C12H19N5O. The molecule has 0 unspecified atom stereocenters. The van der Waals surface area contributed by atoms with Crippen molar-refractivity contribution in [2.24, 2.45) is 0 Å². The van der Waals surface area contributed by atoms with E-state index in [1.807, 2.05) is 25.4 Å². The zero-order valence-electron chi connectivity index (χ0n) is 10.8. The van der Waals surface area contributed by atoms with E-state index in [0.29, 0.717) is 0 Å². The number of hydrogen-bond donors (Lipinski definition) is 1. The van der Waals surface area contributed by atoms with Crippen molar-refractivity contribution in [1.29, 1.82) is 0 Å². The van der Waals surface area contributed by atoms with Crippen LogP contribution in [0.2, 0.25) is 0 Å². The SMILES string of the molecule is COCCNCCN(C)c1ccn2nccc2n1. The molecule has 2 aromatic heterocycles. The Morgan fingerprint density at radius 1 is 1.39 bits per heavy atom. The van der Waals surface area contributed by atoms with Crippen LogP contribution in [0.3, 0.4) is 0 Å². The summed E-state index contributed by atoms with van der Waals surface area (Å²) in [6.07, 6.45) is 3.67. The van der Waals surface area contributed by atoms with Crippen molar-refractivity contribution in [3.05, 3.63) is 24.5 Å². The average Bonchev–Trinajstić information content (AvgIpc) is 2.85. The van der Waals surface area contributed by atoms with E-state index < -0.39 is 0 Å². The van der Waals surface area contributed by atoms with Crippen LogP contribution in [0.5, 0.6) is 0 Å². The van der Waals surface area contributed by atoms with Crippen LogP contribution < -0.4 is 10.2 Å². The molecule has 0 aliphatic rings. The van der Waals surface area contributed by atoms with Gasteiger partial charge in [0.2, 0.25) is 0 Å². The van der Waals surface area contributed by atoms with Gasteiger partial charge in [-0.25, -0.2) is 9.50 Å². The molecule has 2 heterocycles. The Balaban J connectivity index is 1.85. The Bertz CT molecular complexity index is 484. The smallest absolute Gasteiger partial charge is 0.157 e. The lowest BCUT2D eigenvalue weighted by Crippen LogP contribution is -2.31. The van der Waals surface area contributed by atoms with Crippen molar-refractivity contribution in [2.75, 3.05) is 45.3 Å². The van der Waals surface area contributed by atoms with E-state index in [1.165, 1.54) is 0 Å². The largest absolute Gasteiger partial charge is 0.383 e. The van der Waals surface area contributed by atoms with Crippen molar-refractivity contribution < 1.29 is 4.74 Å². The third-order valence-corrected chi connectivity index (χ3v) is 2.74. The van der Waals surface area contributed by atoms with Gasteiger partial charge < -0.3 is 15.0 Å². The Kier molecular flexibility index (Phi) is 4.49. The fourth-order valence-corrected chi connectivity index (χ4v) is 1.68. The Morgan fingerprint density at radius 2 is 2.28 bits per heavy atom. The number of anilines is 1. The van der Waals surface area contributed by atoms with E-state index in [4.69, 9.17) is 4.74 Å². The van der Waals surface area contributed by atoms with Gasteiger partial charge in [-0.2, -0.15) is 5.10 Å². The molecule has 2 rings (SSSR count). The van der Waals surface area contributed by atoms with Gasteiger partial charge in [0.15, 0.2) is 5.65 Å². The first kappa shape index (κ1) is 12.8. The fourth-order valence-electron chi connectivity index (χ4n) is 1.68. The zero-order chi connectivity index (χ0) is 12.8. The number of likely N-dealkylation sites (N-methyl/N-ethyl adjacent to an activating group) is 1. The Morgan fingerprint density at radius 3 is 3.11 bits per heavy atom. The van der Waals surface area contributed by atoms with Gasteiger partial charge in [-0.05, 0) is 6.07 Å². The normalized spacial score (nSPS) is 11.0. The summed E-state index contributed by atoms with van der Waals surface area (Å²) < 4.78 is 6.73. The number of hydrogen-bond acceptors (Lipinski definition) is 5. The summed E-state index contributed by atoms with van der Waals surface area (Å²) in [5, 5.41) is 7.43. The molecule has 6 heteroatoms. The average molecular weight is 249 g/mol. The maximum Gasteiger partial charge on any atom is 0.157 e. The number of nitrogens with one attached hydrogen (secondary N) is 1. The predicted octanol–water partition coefficient (Wildman–Crippen LogP) is 0.401. The maximum atomic E-state index is 4.97. The van der Waals surface area contributed by atoms with Gasteiger partial charge in [0.05, 0.1) is 12.8 Å². The number of rotatable bonds is 7. The molecule has 0 radical (unpaired) electrons. The number of ether oxygens (including phenoxy) is 1. The minimum atomic E-state index is 0.740. The first-order chi connectivity index (χ1) is 8.81. The second kappa shape index (κ2) is 6.32. The number of fused-ring (bicyclic) bond motifs is 1. The summed E-state index contributed by atoms with van der Waals surface area (Å²) >= 11 is 0. The molecule has 0 fully saturated rings. The first-order valence-electron chi connectivity index (χ1n) is 6.02. The molecule has 18 heavy (non-hydrogen) atoms. The fraction of sp³-hybridized carbons (Fsp3) is 0.500. The molecule has 0 aromatic carbocycles. The molecule has 98 valence electrons. The van der Waals surface area contributed by atoms with Gasteiger partial charge in [0.1, 0.15) is 5.82 Å². The van der Waals surface area contributed by atoms with Gasteiger partial charge >= 0.3 is 0 Å². The third kappa shape index (κ3) is 3.18. The van der Waals surface area contributed by atoms with Crippen LogP contribution >= 0.6 is 0 Å². The van der Waals surface area contributed by atoms with E-state index in [-0.39, 0.29) is 0 Å². The molecule has 0 aliphatic heterocycles. The van der Waals surface area contributed by atoms with Crippen LogP contribution in [-0.2, 0) is 4.74 Å². The molecule has 0 saturated heterocycles. The molecule has 0 saturated carbocycles. The monoisotopic (exact) mass is 249 g/mol. The summed E-state index contributed by atoms with van der Waals surface area (Å²) in [6, 6.07) is 3.86. The molecule has 0 bridgehead atoms. The predicted molar refractivity (Wildman–Crippen MR) is 71.0 cm³/mol. The second-order valence-corrected chi connectivity index (χ2v) is 4.08. The summed E-state index contributed by atoms with van der Waals surface area (Å²) in [6.45, 7) is 3.43. The van der Waals surface area contributed by atoms with E-state index in [2.05, 4.69) is 20.3 Å². The number of methoxy groups -OCH3 is 1. The number of aromatic nitrogens is 3. The van der Waals surface area contributed by atoms with Crippen molar-refractivity contribution in [3.63, 3.8) is 0 Å². The second-order valence-electron chi connectivity index (χ2n) is 4.08. The van der Waals surface area contributed by atoms with Crippen LogP contribution in [-0.4, -0.2) is 55.0 Å². The highest BCUT2D eigenvalue weighted by Gasteiger charge is 2.03. The minimum Gasteiger partial charge on any atom is -0.383 e. The lowest BCUT2D eigenvalue weighted by atomic mass is 10.4. The lowest BCUT2D eigenvalue weighted by molar-refractivity contribution is 0.200. The zero-order valence-corrected chi connectivity index (χ0v) is 10.8. The van der Waals surface area contributed by atoms with Gasteiger partial charge in [-0.15, -0.1) is 0 Å². The minimum absolute atomic E-state index is 0.740. The van der Waals surface area contributed by atoms with Gasteiger partial charge in [0, 0.05) is 46.1 Å². The molecule has 2 aromatic rings. The standard InChI is InChI=1S/C12H19N5O/c1-16(9-6-13-7-10-18-2)11-4-8-17-12(15-11)3-5-14-17/h3-5,8,13H,6-7,9-10H2,1-2H3. The summed E-state index contributed by atoms with van der Waals surface area (Å²) in [7, 11) is 3.74. The van der Waals surface area contributed by atoms with Crippen molar-refractivity contribution >= 4 is 11.5 Å².